The average Bonchev–Trinajstić information content (AvgIpc) is 2.60. The second-order valence-electron chi connectivity index (χ2n) is 4.28. The molecule has 1 aliphatic heterocycles. The Morgan fingerprint density at radius 2 is 2.07 bits per heavy atom. The maximum atomic E-state index is 11.3. The van der Waals surface area contributed by atoms with E-state index in [9.17, 15) is 4.79 Å². The number of fused-ring (bicyclic) bond motifs is 1. The Balaban J connectivity index is 1.92. The van der Waals surface area contributed by atoms with Crippen molar-refractivity contribution in [2.75, 3.05) is 5.75 Å². The lowest BCUT2D eigenvalue weighted by atomic mass is 9.88. The van der Waals surface area contributed by atoms with Crippen molar-refractivity contribution >= 4 is 17.7 Å². The number of hydrogen-bond donors (Lipinski definition) is 1. The van der Waals surface area contributed by atoms with Crippen LogP contribution in [0.2, 0.25) is 0 Å². The van der Waals surface area contributed by atoms with Crippen molar-refractivity contribution in [3.05, 3.63) is 35.4 Å². The molecule has 1 heterocycles. The van der Waals surface area contributed by atoms with Gasteiger partial charge in [-0.15, -0.1) is 11.8 Å². The smallest absolute Gasteiger partial charge is 0.231 e. The third-order valence-corrected chi connectivity index (χ3v) is 4.65. The first-order chi connectivity index (χ1) is 7.27. The molecule has 1 N–H and O–H groups in total. The molecule has 0 saturated carbocycles. The van der Waals surface area contributed by atoms with Gasteiger partial charge in [0, 0.05) is 6.42 Å². The molecule has 3 rings (SSSR count). The molecule has 1 aromatic carbocycles. The number of aryl methyl sites for hydroxylation is 1. The molecule has 0 unspecified atom stereocenters. The summed E-state index contributed by atoms with van der Waals surface area (Å²) in [6, 6.07) is 8.56. The molecule has 3 heteroatoms. The van der Waals surface area contributed by atoms with E-state index in [2.05, 4.69) is 29.6 Å². The summed E-state index contributed by atoms with van der Waals surface area (Å²) in [5, 5.41) is 3.13. The lowest BCUT2D eigenvalue weighted by Gasteiger charge is -2.33. The molecule has 1 aromatic rings. The summed E-state index contributed by atoms with van der Waals surface area (Å²) in [6.45, 7) is 0. The summed E-state index contributed by atoms with van der Waals surface area (Å²) in [5.74, 6) is 0.821. The molecule has 0 radical (unpaired) electrons. The van der Waals surface area contributed by atoms with E-state index >= 15 is 0 Å². The van der Waals surface area contributed by atoms with Crippen LogP contribution in [0.5, 0.6) is 0 Å². The molecule has 1 fully saturated rings. The third-order valence-electron chi connectivity index (χ3n) is 3.24. The minimum absolute atomic E-state index is 0.00539. The molecule has 15 heavy (non-hydrogen) atoms. The Kier molecular flexibility index (Phi) is 2.02. The van der Waals surface area contributed by atoms with Crippen molar-refractivity contribution in [1.82, 2.24) is 5.32 Å². The lowest BCUT2D eigenvalue weighted by Crippen LogP contribution is -2.44. The third kappa shape index (κ3) is 1.55. The van der Waals surface area contributed by atoms with E-state index in [-0.39, 0.29) is 10.8 Å². The molecule has 1 saturated heterocycles. The van der Waals surface area contributed by atoms with Gasteiger partial charge in [-0.3, -0.25) is 4.79 Å². The van der Waals surface area contributed by atoms with E-state index in [1.165, 1.54) is 11.1 Å². The van der Waals surface area contributed by atoms with E-state index in [1.807, 2.05) is 0 Å². The van der Waals surface area contributed by atoms with E-state index in [0.29, 0.717) is 5.75 Å². The monoisotopic (exact) mass is 219 g/mol. The van der Waals surface area contributed by atoms with Gasteiger partial charge in [-0.25, -0.2) is 0 Å². The van der Waals surface area contributed by atoms with Crippen LogP contribution in [-0.4, -0.2) is 16.5 Å². The summed E-state index contributed by atoms with van der Waals surface area (Å²) in [6.07, 6.45) is 3.14. The number of carbonyl (C=O) groups excluding carboxylic acids is 1. The SMILES string of the molecule is O=C1CS[C@@]2(CCc3ccccc3C2)N1. The Morgan fingerprint density at radius 1 is 1.27 bits per heavy atom. The lowest BCUT2D eigenvalue weighted by molar-refractivity contribution is -0.118. The van der Waals surface area contributed by atoms with Crippen molar-refractivity contribution in [2.24, 2.45) is 0 Å². The molecule has 0 aromatic heterocycles. The minimum Gasteiger partial charge on any atom is -0.341 e. The second-order valence-corrected chi connectivity index (χ2v) is 5.64. The van der Waals surface area contributed by atoms with Crippen molar-refractivity contribution < 1.29 is 4.79 Å². The van der Waals surface area contributed by atoms with Crippen LogP contribution in [0.15, 0.2) is 24.3 Å². The van der Waals surface area contributed by atoms with Crippen LogP contribution < -0.4 is 5.32 Å². The zero-order valence-corrected chi connectivity index (χ0v) is 9.27. The fraction of sp³-hybridized carbons (Fsp3) is 0.417. The van der Waals surface area contributed by atoms with Crippen molar-refractivity contribution in [3.8, 4) is 0 Å². The molecule has 1 atom stereocenters. The molecular weight excluding hydrogens is 206 g/mol. The Labute approximate surface area is 93.4 Å². The van der Waals surface area contributed by atoms with Gasteiger partial charge in [0.25, 0.3) is 0 Å². The molecule has 0 bridgehead atoms. The van der Waals surface area contributed by atoms with Gasteiger partial charge in [-0.1, -0.05) is 24.3 Å². The van der Waals surface area contributed by atoms with Gasteiger partial charge in [0.1, 0.15) is 0 Å². The minimum atomic E-state index is 0.00539. The summed E-state index contributed by atoms with van der Waals surface area (Å²) < 4.78 is 0. The molecule has 2 nitrogen and oxygen atoms in total. The van der Waals surface area contributed by atoms with Crippen LogP contribution in [0.1, 0.15) is 17.5 Å². The highest BCUT2D eigenvalue weighted by molar-refractivity contribution is 8.01. The second kappa shape index (κ2) is 3.27. The van der Waals surface area contributed by atoms with Gasteiger partial charge in [0.15, 0.2) is 0 Å². The number of hydrogen-bond acceptors (Lipinski definition) is 2. The number of thioether (sulfide) groups is 1. The number of rotatable bonds is 0. The highest BCUT2D eigenvalue weighted by Gasteiger charge is 2.40. The maximum absolute atomic E-state index is 11.3. The summed E-state index contributed by atoms with van der Waals surface area (Å²) in [4.78, 5) is 11.3. The normalized spacial score (nSPS) is 28.9. The quantitative estimate of drug-likeness (QED) is 0.720. The molecular formula is C12H13NOS. The summed E-state index contributed by atoms with van der Waals surface area (Å²) in [5.41, 5.74) is 2.85. The van der Waals surface area contributed by atoms with Crippen molar-refractivity contribution in [2.45, 2.75) is 24.1 Å². The summed E-state index contributed by atoms with van der Waals surface area (Å²) in [7, 11) is 0. The van der Waals surface area contributed by atoms with Crippen LogP contribution >= 0.6 is 11.8 Å². The Morgan fingerprint density at radius 3 is 2.80 bits per heavy atom. The molecule has 1 spiro atoms. The number of nitrogens with one attached hydrogen (secondary N) is 1. The molecule has 1 aliphatic carbocycles. The molecule has 1 amide bonds. The van der Waals surface area contributed by atoms with Gasteiger partial charge >= 0.3 is 0 Å². The predicted octanol–water partition coefficient (Wildman–Crippen LogP) is 1.73. The zero-order chi connectivity index (χ0) is 10.3. The number of amides is 1. The van der Waals surface area contributed by atoms with Crippen molar-refractivity contribution in [1.29, 1.82) is 0 Å². The van der Waals surface area contributed by atoms with Gasteiger partial charge in [-0.05, 0) is 24.0 Å². The van der Waals surface area contributed by atoms with Gasteiger partial charge in [-0.2, -0.15) is 0 Å². The van der Waals surface area contributed by atoms with Gasteiger partial charge in [0.05, 0.1) is 10.6 Å². The van der Waals surface area contributed by atoms with Crippen LogP contribution in [-0.2, 0) is 17.6 Å². The topological polar surface area (TPSA) is 29.1 Å². The first kappa shape index (κ1) is 9.28. The standard InChI is InChI=1S/C12H13NOS/c14-11-8-15-12(13-11)6-5-9-3-1-2-4-10(9)7-12/h1-4H,5-8H2,(H,13,14)/t12-/m1/s1. The maximum Gasteiger partial charge on any atom is 0.231 e. The first-order valence-electron chi connectivity index (χ1n) is 5.29. The molecule has 78 valence electrons. The Bertz CT molecular complexity index is 418. The number of benzene rings is 1. The van der Waals surface area contributed by atoms with Crippen LogP contribution in [0, 0.1) is 0 Å². The van der Waals surface area contributed by atoms with Crippen LogP contribution in [0.25, 0.3) is 0 Å². The fourth-order valence-corrected chi connectivity index (χ4v) is 3.64. The number of carbonyl (C=O) groups is 1. The van der Waals surface area contributed by atoms with Crippen molar-refractivity contribution in [3.63, 3.8) is 0 Å². The average molecular weight is 219 g/mol. The predicted molar refractivity (Wildman–Crippen MR) is 61.8 cm³/mol. The van der Waals surface area contributed by atoms with Crippen LogP contribution in [0.3, 0.4) is 0 Å². The van der Waals surface area contributed by atoms with Crippen LogP contribution in [0.4, 0.5) is 0 Å². The van der Waals surface area contributed by atoms with E-state index in [1.54, 1.807) is 11.8 Å². The van der Waals surface area contributed by atoms with Gasteiger partial charge in [0.2, 0.25) is 5.91 Å². The molecule has 2 aliphatic rings. The van der Waals surface area contributed by atoms with E-state index in [0.717, 1.165) is 19.3 Å². The zero-order valence-electron chi connectivity index (χ0n) is 8.45. The highest BCUT2D eigenvalue weighted by Crippen LogP contribution is 2.39. The van der Waals surface area contributed by atoms with E-state index < -0.39 is 0 Å². The van der Waals surface area contributed by atoms with Gasteiger partial charge < -0.3 is 5.32 Å². The fourth-order valence-electron chi connectivity index (χ4n) is 2.47. The van der Waals surface area contributed by atoms with E-state index in [4.69, 9.17) is 0 Å². The largest absolute Gasteiger partial charge is 0.341 e. The highest BCUT2D eigenvalue weighted by atomic mass is 32.2. The summed E-state index contributed by atoms with van der Waals surface area (Å²) >= 11 is 1.78. The Hall–Kier alpha value is -0.960. The first-order valence-corrected chi connectivity index (χ1v) is 6.28.